The van der Waals surface area contributed by atoms with Crippen LogP contribution in [0, 0.1) is 20.8 Å². The lowest BCUT2D eigenvalue weighted by Gasteiger charge is -2.37. The average molecular weight is 358 g/mol. The Balaban J connectivity index is 1.82. The van der Waals surface area contributed by atoms with Gasteiger partial charge in [0.2, 0.25) is 0 Å². The molecule has 0 radical (unpaired) electrons. The zero-order valence-electron chi connectivity index (χ0n) is 15.8. The van der Waals surface area contributed by atoms with Gasteiger partial charge in [0, 0.05) is 11.3 Å². The molecule has 3 heterocycles. The van der Waals surface area contributed by atoms with Crippen LogP contribution in [0.15, 0.2) is 36.5 Å². The van der Waals surface area contributed by atoms with Crippen LogP contribution in [-0.2, 0) is 5.60 Å². The third-order valence-corrected chi connectivity index (χ3v) is 5.82. The fraction of sp³-hybridized carbons (Fsp3) is 0.318. The van der Waals surface area contributed by atoms with Crippen LogP contribution in [0.25, 0.3) is 28.1 Å². The van der Waals surface area contributed by atoms with Crippen LogP contribution in [0.4, 0.5) is 0 Å². The quantitative estimate of drug-likeness (QED) is 0.582. The predicted molar refractivity (Wildman–Crippen MR) is 106 cm³/mol. The molecule has 0 amide bonds. The molecule has 1 aliphatic rings. The molecule has 1 aromatic carbocycles. The van der Waals surface area contributed by atoms with Gasteiger partial charge in [-0.05, 0) is 69.4 Å². The maximum absolute atomic E-state index is 10.8. The predicted octanol–water partition coefficient (Wildman–Crippen LogP) is 4.24. The summed E-state index contributed by atoms with van der Waals surface area (Å²) in [6.45, 7) is 6.07. The number of aryl methyl sites for hydroxylation is 3. The first-order chi connectivity index (χ1) is 13.0. The maximum atomic E-state index is 10.8. The van der Waals surface area contributed by atoms with E-state index in [9.17, 15) is 5.11 Å². The summed E-state index contributed by atoms with van der Waals surface area (Å²) in [5, 5.41) is 10.8. The molecular formula is C22H22N4O. The molecule has 1 saturated carbocycles. The Labute approximate surface area is 157 Å². The van der Waals surface area contributed by atoms with E-state index in [1.165, 1.54) is 0 Å². The van der Waals surface area contributed by atoms with E-state index in [0.717, 1.165) is 69.8 Å². The number of aromatic nitrogens is 4. The van der Waals surface area contributed by atoms with Crippen molar-refractivity contribution in [1.82, 2.24) is 19.4 Å². The summed E-state index contributed by atoms with van der Waals surface area (Å²) in [6.07, 6.45) is 4.59. The van der Waals surface area contributed by atoms with Crippen molar-refractivity contribution in [3.05, 3.63) is 59.0 Å². The highest BCUT2D eigenvalue weighted by atomic mass is 16.3. The molecule has 0 aliphatic heterocycles. The Bertz CT molecular complexity index is 1200. The third-order valence-electron chi connectivity index (χ3n) is 5.82. The molecule has 0 unspecified atom stereocenters. The molecule has 136 valence electrons. The summed E-state index contributed by atoms with van der Waals surface area (Å²) in [6, 6.07) is 10.2. The minimum Gasteiger partial charge on any atom is -0.385 e. The number of nitrogens with zero attached hydrogens (tertiary/aromatic N) is 4. The van der Waals surface area contributed by atoms with Crippen molar-refractivity contribution >= 4 is 16.7 Å². The minimum atomic E-state index is -0.691. The van der Waals surface area contributed by atoms with E-state index in [1.54, 1.807) is 0 Å². The molecule has 0 saturated heterocycles. The number of imidazole rings is 1. The average Bonchev–Trinajstić information content (AvgIpc) is 3.07. The van der Waals surface area contributed by atoms with Gasteiger partial charge in [0.15, 0.2) is 5.65 Å². The first-order valence-corrected chi connectivity index (χ1v) is 9.42. The highest BCUT2D eigenvalue weighted by Gasteiger charge is 2.36. The Morgan fingerprint density at radius 2 is 1.85 bits per heavy atom. The van der Waals surface area contributed by atoms with E-state index in [2.05, 4.69) is 23.5 Å². The van der Waals surface area contributed by atoms with Gasteiger partial charge in [0.05, 0.1) is 23.0 Å². The van der Waals surface area contributed by atoms with Crippen molar-refractivity contribution in [3.63, 3.8) is 0 Å². The fourth-order valence-corrected chi connectivity index (χ4v) is 3.99. The van der Waals surface area contributed by atoms with E-state index in [-0.39, 0.29) is 0 Å². The number of benzene rings is 1. The SMILES string of the molecule is Cc1ccc2nc(C)c3cnc(-c4cc(C5(O)CCC5)ccc4C)n3c2n1. The second-order valence-corrected chi connectivity index (χ2v) is 7.71. The lowest BCUT2D eigenvalue weighted by Crippen LogP contribution is -2.33. The van der Waals surface area contributed by atoms with Gasteiger partial charge in [0.25, 0.3) is 0 Å². The first kappa shape index (κ1) is 16.4. The van der Waals surface area contributed by atoms with Crippen molar-refractivity contribution in [2.45, 2.75) is 45.6 Å². The minimum absolute atomic E-state index is 0.691. The van der Waals surface area contributed by atoms with Crippen molar-refractivity contribution in [2.24, 2.45) is 0 Å². The van der Waals surface area contributed by atoms with Gasteiger partial charge in [-0.25, -0.2) is 15.0 Å². The molecule has 1 aliphatic carbocycles. The van der Waals surface area contributed by atoms with Crippen molar-refractivity contribution in [1.29, 1.82) is 0 Å². The molecule has 0 spiro atoms. The zero-order chi connectivity index (χ0) is 18.8. The summed E-state index contributed by atoms with van der Waals surface area (Å²) in [4.78, 5) is 14.2. The summed E-state index contributed by atoms with van der Waals surface area (Å²) >= 11 is 0. The highest BCUT2D eigenvalue weighted by molar-refractivity contribution is 5.80. The van der Waals surface area contributed by atoms with Gasteiger partial charge in [-0.3, -0.25) is 4.40 Å². The lowest BCUT2D eigenvalue weighted by atomic mass is 9.74. The van der Waals surface area contributed by atoms with Gasteiger partial charge in [-0.15, -0.1) is 0 Å². The van der Waals surface area contributed by atoms with E-state index >= 15 is 0 Å². The van der Waals surface area contributed by atoms with E-state index in [4.69, 9.17) is 15.0 Å². The monoisotopic (exact) mass is 358 g/mol. The lowest BCUT2D eigenvalue weighted by molar-refractivity contribution is -0.0387. The largest absolute Gasteiger partial charge is 0.385 e. The van der Waals surface area contributed by atoms with Crippen molar-refractivity contribution < 1.29 is 5.11 Å². The van der Waals surface area contributed by atoms with Crippen LogP contribution in [0.1, 0.15) is 41.8 Å². The van der Waals surface area contributed by atoms with Crippen LogP contribution >= 0.6 is 0 Å². The second kappa shape index (κ2) is 5.60. The summed E-state index contributed by atoms with van der Waals surface area (Å²) in [5.74, 6) is 0.848. The number of hydrogen-bond donors (Lipinski definition) is 1. The molecular weight excluding hydrogens is 336 g/mol. The Morgan fingerprint density at radius 3 is 2.59 bits per heavy atom. The highest BCUT2D eigenvalue weighted by Crippen LogP contribution is 2.42. The van der Waals surface area contributed by atoms with Crippen LogP contribution in [0.3, 0.4) is 0 Å². The number of aliphatic hydroxyl groups is 1. The van der Waals surface area contributed by atoms with Crippen LogP contribution in [0.2, 0.25) is 0 Å². The van der Waals surface area contributed by atoms with Gasteiger partial charge in [-0.1, -0.05) is 12.1 Å². The van der Waals surface area contributed by atoms with Gasteiger partial charge < -0.3 is 5.11 Å². The molecule has 3 aromatic heterocycles. The van der Waals surface area contributed by atoms with Gasteiger partial charge in [0.1, 0.15) is 11.3 Å². The van der Waals surface area contributed by atoms with Crippen molar-refractivity contribution in [3.8, 4) is 11.4 Å². The maximum Gasteiger partial charge on any atom is 0.165 e. The Kier molecular flexibility index (Phi) is 3.40. The Hall–Kier alpha value is -2.79. The molecule has 27 heavy (non-hydrogen) atoms. The molecule has 5 heteroatoms. The van der Waals surface area contributed by atoms with E-state index in [0.29, 0.717) is 0 Å². The third kappa shape index (κ3) is 2.38. The van der Waals surface area contributed by atoms with Gasteiger partial charge in [-0.2, -0.15) is 0 Å². The van der Waals surface area contributed by atoms with Crippen LogP contribution in [0.5, 0.6) is 0 Å². The number of fused-ring (bicyclic) bond motifs is 3. The zero-order valence-corrected chi connectivity index (χ0v) is 15.8. The standard InChI is InChI=1S/C22H22N4O/c1-13-5-7-16(22(27)9-4-10-22)11-17(13)20-23-12-19-15(3)25-18-8-6-14(2)24-21(18)26(19)20/h5-8,11-12,27H,4,9-10H2,1-3H3. The molecule has 1 N–H and O–H groups in total. The molecule has 0 atom stereocenters. The topological polar surface area (TPSA) is 63.3 Å². The van der Waals surface area contributed by atoms with E-state index in [1.807, 2.05) is 38.2 Å². The fourth-order valence-electron chi connectivity index (χ4n) is 3.99. The molecule has 4 aromatic rings. The molecule has 1 fully saturated rings. The summed E-state index contributed by atoms with van der Waals surface area (Å²) in [5.41, 5.74) is 6.96. The van der Waals surface area contributed by atoms with E-state index < -0.39 is 5.60 Å². The summed E-state index contributed by atoms with van der Waals surface area (Å²) in [7, 11) is 0. The molecule has 0 bridgehead atoms. The van der Waals surface area contributed by atoms with Crippen molar-refractivity contribution in [2.75, 3.05) is 0 Å². The Morgan fingerprint density at radius 1 is 1.04 bits per heavy atom. The van der Waals surface area contributed by atoms with Gasteiger partial charge >= 0.3 is 0 Å². The number of rotatable bonds is 2. The summed E-state index contributed by atoms with van der Waals surface area (Å²) < 4.78 is 2.10. The smallest absolute Gasteiger partial charge is 0.165 e. The normalized spacial score (nSPS) is 16.0. The molecule has 5 nitrogen and oxygen atoms in total. The van der Waals surface area contributed by atoms with Crippen LogP contribution < -0.4 is 0 Å². The molecule has 5 rings (SSSR count). The van der Waals surface area contributed by atoms with Crippen LogP contribution in [-0.4, -0.2) is 24.5 Å². The first-order valence-electron chi connectivity index (χ1n) is 9.42. The number of hydrogen-bond acceptors (Lipinski definition) is 4. The number of pyridine rings is 1. The second-order valence-electron chi connectivity index (χ2n) is 7.71.